The molecule has 3 heterocycles. The molecular weight excluding hydrogens is 338 g/mol. The van der Waals surface area contributed by atoms with Crippen molar-refractivity contribution < 1.29 is 4.79 Å². The van der Waals surface area contributed by atoms with Gasteiger partial charge in [-0.05, 0) is 31.2 Å². The van der Waals surface area contributed by atoms with Crippen molar-refractivity contribution in [3.05, 3.63) is 54.0 Å². The first kappa shape index (κ1) is 17.9. The van der Waals surface area contributed by atoms with Crippen molar-refractivity contribution >= 4 is 11.7 Å². The van der Waals surface area contributed by atoms with Crippen LogP contribution in [0, 0.1) is 0 Å². The third-order valence-corrected chi connectivity index (χ3v) is 6.06. The molecule has 2 aromatic rings. The standard InChI is InChI=1S/C21H27N5O/c22-16-21(17-6-2-1-3-7-17)8-12-26(13-9-21)20(27)18-14-23-15-19(24-18)25-10-4-5-11-25/h1-3,6-7,14-15H,4-5,8-13,16,22H2. The maximum absolute atomic E-state index is 13.0. The van der Waals surface area contributed by atoms with Gasteiger partial charge in [0.05, 0.1) is 12.4 Å². The third kappa shape index (κ3) is 3.54. The van der Waals surface area contributed by atoms with Crippen molar-refractivity contribution in [2.45, 2.75) is 31.1 Å². The Hall–Kier alpha value is -2.47. The average molecular weight is 365 g/mol. The summed E-state index contributed by atoms with van der Waals surface area (Å²) in [6, 6.07) is 10.4. The van der Waals surface area contributed by atoms with Crippen molar-refractivity contribution in [3.8, 4) is 0 Å². The zero-order valence-electron chi connectivity index (χ0n) is 15.7. The molecule has 4 rings (SSSR count). The number of aromatic nitrogens is 2. The van der Waals surface area contributed by atoms with Crippen molar-refractivity contribution in [1.82, 2.24) is 14.9 Å². The maximum atomic E-state index is 13.0. The van der Waals surface area contributed by atoms with E-state index in [1.54, 1.807) is 12.4 Å². The molecule has 0 aliphatic carbocycles. The van der Waals surface area contributed by atoms with Crippen LogP contribution < -0.4 is 10.6 Å². The van der Waals surface area contributed by atoms with Gasteiger partial charge in [-0.2, -0.15) is 0 Å². The first-order valence-corrected chi connectivity index (χ1v) is 9.84. The van der Waals surface area contributed by atoms with Crippen molar-refractivity contribution in [1.29, 1.82) is 0 Å². The molecule has 0 atom stereocenters. The second-order valence-corrected chi connectivity index (χ2v) is 7.60. The van der Waals surface area contributed by atoms with Gasteiger partial charge in [-0.25, -0.2) is 4.98 Å². The van der Waals surface area contributed by atoms with Crippen LogP contribution in [0.5, 0.6) is 0 Å². The summed E-state index contributed by atoms with van der Waals surface area (Å²) in [6.07, 6.45) is 7.44. The van der Waals surface area contributed by atoms with E-state index in [-0.39, 0.29) is 11.3 Å². The molecule has 2 saturated heterocycles. The highest BCUT2D eigenvalue weighted by Gasteiger charge is 2.36. The number of likely N-dealkylation sites (tertiary alicyclic amines) is 1. The van der Waals surface area contributed by atoms with Gasteiger partial charge in [0.1, 0.15) is 11.5 Å². The van der Waals surface area contributed by atoms with E-state index in [4.69, 9.17) is 5.73 Å². The lowest BCUT2D eigenvalue weighted by atomic mass is 9.73. The van der Waals surface area contributed by atoms with E-state index in [2.05, 4.69) is 39.1 Å². The summed E-state index contributed by atoms with van der Waals surface area (Å²) in [5.41, 5.74) is 7.84. The molecule has 0 saturated carbocycles. The molecule has 1 aromatic carbocycles. The quantitative estimate of drug-likeness (QED) is 0.899. The fourth-order valence-electron chi connectivity index (χ4n) is 4.26. The Morgan fingerprint density at radius 1 is 1.04 bits per heavy atom. The van der Waals surface area contributed by atoms with Gasteiger partial charge in [0.15, 0.2) is 0 Å². The summed E-state index contributed by atoms with van der Waals surface area (Å²) in [6.45, 7) is 3.97. The molecule has 0 bridgehead atoms. The molecule has 6 nitrogen and oxygen atoms in total. The van der Waals surface area contributed by atoms with E-state index in [9.17, 15) is 4.79 Å². The van der Waals surface area contributed by atoms with E-state index >= 15 is 0 Å². The monoisotopic (exact) mass is 365 g/mol. The van der Waals surface area contributed by atoms with Crippen LogP contribution in [0.3, 0.4) is 0 Å². The normalized spacial score (nSPS) is 19.3. The highest BCUT2D eigenvalue weighted by atomic mass is 16.2. The minimum absolute atomic E-state index is 0.0257. The van der Waals surface area contributed by atoms with Gasteiger partial charge in [-0.3, -0.25) is 9.78 Å². The highest BCUT2D eigenvalue weighted by molar-refractivity contribution is 5.92. The van der Waals surface area contributed by atoms with Crippen molar-refractivity contribution in [2.75, 3.05) is 37.6 Å². The maximum Gasteiger partial charge on any atom is 0.274 e. The molecule has 2 aliphatic heterocycles. The zero-order valence-corrected chi connectivity index (χ0v) is 15.7. The van der Waals surface area contributed by atoms with Crippen molar-refractivity contribution in [2.24, 2.45) is 5.73 Å². The fourth-order valence-corrected chi connectivity index (χ4v) is 4.26. The Morgan fingerprint density at radius 3 is 2.41 bits per heavy atom. The van der Waals surface area contributed by atoms with Crippen LogP contribution in [0.15, 0.2) is 42.7 Å². The molecule has 0 radical (unpaired) electrons. The van der Waals surface area contributed by atoms with E-state index in [1.807, 2.05) is 11.0 Å². The lowest BCUT2D eigenvalue weighted by Crippen LogP contribution is -2.48. The summed E-state index contributed by atoms with van der Waals surface area (Å²) in [5.74, 6) is 0.790. The number of anilines is 1. The number of rotatable bonds is 4. The number of benzene rings is 1. The first-order valence-electron chi connectivity index (χ1n) is 9.84. The largest absolute Gasteiger partial charge is 0.355 e. The smallest absolute Gasteiger partial charge is 0.274 e. The molecule has 27 heavy (non-hydrogen) atoms. The molecule has 1 amide bonds. The number of carbonyl (C=O) groups excluding carboxylic acids is 1. The number of nitrogens with two attached hydrogens (primary N) is 1. The van der Waals surface area contributed by atoms with Gasteiger partial charge in [-0.15, -0.1) is 0 Å². The van der Waals surface area contributed by atoms with E-state index in [0.717, 1.165) is 31.7 Å². The van der Waals surface area contributed by atoms with Gasteiger partial charge >= 0.3 is 0 Å². The summed E-state index contributed by atoms with van der Waals surface area (Å²) < 4.78 is 0. The summed E-state index contributed by atoms with van der Waals surface area (Å²) in [7, 11) is 0. The molecule has 6 heteroatoms. The van der Waals surface area contributed by atoms with Crippen LogP contribution in [0.4, 0.5) is 5.82 Å². The van der Waals surface area contributed by atoms with Crippen LogP contribution in [-0.4, -0.2) is 53.5 Å². The van der Waals surface area contributed by atoms with E-state index in [0.29, 0.717) is 25.3 Å². The molecule has 2 N–H and O–H groups in total. The number of hydrogen-bond donors (Lipinski definition) is 1. The third-order valence-electron chi connectivity index (χ3n) is 6.06. The van der Waals surface area contributed by atoms with Gasteiger partial charge < -0.3 is 15.5 Å². The Labute approximate surface area is 160 Å². The molecule has 142 valence electrons. The number of nitrogens with zero attached hydrogens (tertiary/aromatic N) is 4. The molecule has 1 aromatic heterocycles. The van der Waals surface area contributed by atoms with E-state index in [1.165, 1.54) is 18.4 Å². The van der Waals surface area contributed by atoms with Crippen LogP contribution in [0.1, 0.15) is 41.7 Å². The van der Waals surface area contributed by atoms with Crippen LogP contribution >= 0.6 is 0 Å². The molecule has 2 aliphatic rings. The first-order chi connectivity index (χ1) is 13.2. The highest BCUT2D eigenvalue weighted by Crippen LogP contribution is 2.34. The SMILES string of the molecule is NCC1(c2ccccc2)CCN(C(=O)c2cncc(N3CCCC3)n2)CC1. The molecule has 0 unspecified atom stereocenters. The number of piperidine rings is 1. The zero-order chi connectivity index (χ0) is 18.7. The summed E-state index contributed by atoms with van der Waals surface area (Å²) >= 11 is 0. The molecule has 2 fully saturated rings. The Balaban J connectivity index is 1.46. The lowest BCUT2D eigenvalue weighted by Gasteiger charge is -2.41. The fraction of sp³-hybridized carbons (Fsp3) is 0.476. The lowest BCUT2D eigenvalue weighted by molar-refractivity contribution is 0.0663. The van der Waals surface area contributed by atoms with Gasteiger partial charge in [0.25, 0.3) is 5.91 Å². The topological polar surface area (TPSA) is 75.3 Å². The predicted octanol–water partition coefficient (Wildman–Crippen LogP) is 2.21. The van der Waals surface area contributed by atoms with Gasteiger partial charge in [0.2, 0.25) is 0 Å². The Kier molecular flexibility index (Phi) is 5.07. The molecular formula is C21H27N5O. The van der Waals surface area contributed by atoms with Gasteiger partial charge in [-0.1, -0.05) is 30.3 Å². The minimum Gasteiger partial charge on any atom is -0.355 e. The number of carbonyl (C=O) groups is 1. The minimum atomic E-state index is -0.0406. The van der Waals surface area contributed by atoms with Crippen LogP contribution in [0.2, 0.25) is 0 Å². The van der Waals surface area contributed by atoms with E-state index < -0.39 is 0 Å². The predicted molar refractivity (Wildman–Crippen MR) is 106 cm³/mol. The van der Waals surface area contributed by atoms with Gasteiger partial charge in [0, 0.05) is 38.1 Å². The Morgan fingerprint density at radius 2 is 1.74 bits per heavy atom. The van der Waals surface area contributed by atoms with Crippen molar-refractivity contribution in [3.63, 3.8) is 0 Å². The average Bonchev–Trinajstić information content (AvgIpc) is 3.29. The summed E-state index contributed by atoms with van der Waals surface area (Å²) in [5, 5.41) is 0. The Bertz CT molecular complexity index is 780. The summed E-state index contributed by atoms with van der Waals surface area (Å²) in [4.78, 5) is 25.9. The second-order valence-electron chi connectivity index (χ2n) is 7.60. The number of amides is 1. The van der Waals surface area contributed by atoms with Crippen LogP contribution in [-0.2, 0) is 5.41 Å². The second kappa shape index (κ2) is 7.64. The van der Waals surface area contributed by atoms with Crippen LogP contribution in [0.25, 0.3) is 0 Å². The molecule has 0 spiro atoms. The number of hydrogen-bond acceptors (Lipinski definition) is 5.